The largest absolute Gasteiger partial charge is 0.489 e. The van der Waals surface area contributed by atoms with Crippen LogP contribution in [0.1, 0.15) is 104 Å². The fraction of sp³-hybridized carbons (Fsp3) is 0.455. The van der Waals surface area contributed by atoms with Gasteiger partial charge < -0.3 is 14.2 Å². The van der Waals surface area contributed by atoms with Crippen LogP contribution < -0.4 is 9.64 Å². The minimum Gasteiger partial charge on any atom is -0.489 e. The minimum atomic E-state index is -3.21. The molecular formula is C44H53N3O5S. The standard InChI is InChI=1S/C44H53N3O5S/c1-32-16-23-40(45-24-26-46(27-25-45)53(2,50)51)36(28-32)31-52-38-20-17-34(18-21-38)44-43(33-12-8-7-9-13-33)39-22-19-35-29-41(39)47(44)30-37(48)14-10-5-3-4-6-11-15-42(35)49/h3-4,16-23,28-29,33H,5-15,24-27,30-31H2,1-2H3/b4-3-. The third-order valence-corrected chi connectivity index (χ3v) is 12.6. The maximum Gasteiger partial charge on any atom is 0.211 e. The number of carbonyl (C=O) groups excluding carboxylic acids is 2. The molecule has 0 N–H and O–H groups in total. The van der Waals surface area contributed by atoms with Crippen LogP contribution in [0.5, 0.6) is 5.75 Å². The Hall–Kier alpha value is -4.21. The summed E-state index contributed by atoms with van der Waals surface area (Å²) in [6, 6.07) is 20.9. The van der Waals surface area contributed by atoms with Crippen LogP contribution in [-0.2, 0) is 28.0 Å². The van der Waals surface area contributed by atoms with Crippen LogP contribution in [0.15, 0.2) is 72.8 Å². The molecule has 0 amide bonds. The van der Waals surface area contributed by atoms with Gasteiger partial charge in [0.25, 0.3) is 0 Å². The van der Waals surface area contributed by atoms with E-state index in [1.165, 1.54) is 31.1 Å². The summed E-state index contributed by atoms with van der Waals surface area (Å²) in [5.41, 5.74) is 8.44. The van der Waals surface area contributed by atoms with Gasteiger partial charge in [0.15, 0.2) is 11.6 Å². The molecule has 3 aliphatic rings. The number of allylic oxidation sites excluding steroid dienone is 2. The van der Waals surface area contributed by atoms with Gasteiger partial charge in [-0.1, -0.05) is 61.2 Å². The van der Waals surface area contributed by atoms with Gasteiger partial charge in [0.05, 0.1) is 18.5 Å². The van der Waals surface area contributed by atoms with E-state index in [1.54, 1.807) is 4.31 Å². The fourth-order valence-corrected chi connectivity index (χ4v) is 9.36. The summed E-state index contributed by atoms with van der Waals surface area (Å²) in [5.74, 6) is 1.52. The first-order chi connectivity index (χ1) is 25.7. The van der Waals surface area contributed by atoms with Crippen molar-refractivity contribution in [1.29, 1.82) is 0 Å². The summed E-state index contributed by atoms with van der Waals surface area (Å²) in [4.78, 5) is 29.2. The highest BCUT2D eigenvalue weighted by Crippen LogP contribution is 2.45. The predicted molar refractivity (Wildman–Crippen MR) is 214 cm³/mol. The van der Waals surface area contributed by atoms with Gasteiger partial charge in [-0.25, -0.2) is 8.42 Å². The van der Waals surface area contributed by atoms with Gasteiger partial charge in [0.1, 0.15) is 12.4 Å². The number of ether oxygens (including phenoxy) is 1. The third kappa shape index (κ3) is 8.62. The Kier molecular flexibility index (Phi) is 11.5. The van der Waals surface area contributed by atoms with Gasteiger partial charge in [-0.2, -0.15) is 4.31 Å². The molecular weight excluding hydrogens is 683 g/mol. The zero-order valence-corrected chi connectivity index (χ0v) is 32.1. The van der Waals surface area contributed by atoms with Crippen LogP contribution in [0, 0.1) is 6.92 Å². The molecule has 4 aromatic rings. The maximum absolute atomic E-state index is 13.6. The predicted octanol–water partition coefficient (Wildman–Crippen LogP) is 8.99. The summed E-state index contributed by atoms with van der Waals surface area (Å²) in [7, 11) is -3.21. The highest BCUT2D eigenvalue weighted by atomic mass is 32.2. The lowest BCUT2D eigenvalue weighted by Crippen LogP contribution is -2.48. The number of anilines is 1. The Balaban J connectivity index is 1.20. The minimum absolute atomic E-state index is 0.157. The highest BCUT2D eigenvalue weighted by molar-refractivity contribution is 7.88. The molecule has 2 bridgehead atoms. The highest BCUT2D eigenvalue weighted by Gasteiger charge is 2.28. The Morgan fingerprint density at radius 2 is 1.47 bits per heavy atom. The van der Waals surface area contributed by atoms with E-state index in [9.17, 15) is 18.0 Å². The normalized spacial score (nSPS) is 19.3. The van der Waals surface area contributed by atoms with Crippen molar-refractivity contribution in [3.8, 4) is 17.0 Å². The van der Waals surface area contributed by atoms with Crippen LogP contribution in [0.25, 0.3) is 22.2 Å². The molecule has 1 aliphatic carbocycles. The zero-order valence-electron chi connectivity index (χ0n) is 31.3. The first-order valence-electron chi connectivity index (χ1n) is 19.5. The third-order valence-electron chi connectivity index (χ3n) is 11.3. The van der Waals surface area contributed by atoms with Crippen molar-refractivity contribution >= 4 is 38.2 Å². The van der Waals surface area contributed by atoms with Crippen LogP contribution in [0.3, 0.4) is 0 Å². The molecule has 8 nitrogen and oxygen atoms in total. The molecule has 3 heterocycles. The monoisotopic (exact) mass is 735 g/mol. The first-order valence-corrected chi connectivity index (χ1v) is 21.4. The Morgan fingerprint density at radius 1 is 0.774 bits per heavy atom. The van der Waals surface area contributed by atoms with E-state index in [0.717, 1.165) is 88.8 Å². The van der Waals surface area contributed by atoms with Crippen molar-refractivity contribution in [2.45, 2.75) is 96.6 Å². The molecule has 1 saturated heterocycles. The fourth-order valence-electron chi connectivity index (χ4n) is 8.53. The van der Waals surface area contributed by atoms with Crippen molar-refractivity contribution in [1.82, 2.24) is 8.87 Å². The summed E-state index contributed by atoms with van der Waals surface area (Å²) in [6.45, 7) is 4.94. The topological polar surface area (TPSA) is 88.9 Å². The van der Waals surface area contributed by atoms with Crippen molar-refractivity contribution in [3.63, 3.8) is 0 Å². The average Bonchev–Trinajstić information content (AvgIpc) is 3.47. The number of sulfonamides is 1. The lowest BCUT2D eigenvalue weighted by atomic mass is 9.81. The Morgan fingerprint density at radius 3 is 2.19 bits per heavy atom. The number of hydrogen-bond acceptors (Lipinski definition) is 6. The van der Waals surface area contributed by atoms with E-state index >= 15 is 0 Å². The molecule has 7 rings (SSSR count). The van der Waals surface area contributed by atoms with Crippen LogP contribution in [-0.4, -0.2) is 61.3 Å². The molecule has 0 unspecified atom stereocenters. The molecule has 9 heteroatoms. The molecule has 3 aromatic carbocycles. The Labute approximate surface area is 314 Å². The number of piperazine rings is 1. The first kappa shape index (κ1) is 37.1. The lowest BCUT2D eigenvalue weighted by Gasteiger charge is -2.35. The van der Waals surface area contributed by atoms with E-state index in [0.29, 0.717) is 51.5 Å². The molecule has 1 saturated carbocycles. The van der Waals surface area contributed by atoms with Gasteiger partial charge in [0.2, 0.25) is 10.0 Å². The SMILES string of the molecule is Cc1ccc(N2CCN(S(C)(=O)=O)CC2)c(COc2ccc(-c3c(C4CCCCC4)c4ccc5cc4n3CC(=O)CCC/C=C\CCCC5=O)cc2)c1. The van der Waals surface area contributed by atoms with Crippen molar-refractivity contribution in [2.75, 3.05) is 37.3 Å². The Bertz CT molecular complexity index is 2090. The molecule has 2 fully saturated rings. The maximum atomic E-state index is 13.6. The van der Waals surface area contributed by atoms with E-state index < -0.39 is 10.0 Å². The lowest BCUT2D eigenvalue weighted by molar-refractivity contribution is -0.119. The van der Waals surface area contributed by atoms with Crippen LogP contribution in [0.4, 0.5) is 5.69 Å². The number of rotatable bonds is 7. The zero-order chi connectivity index (χ0) is 37.0. The average molecular weight is 736 g/mol. The molecule has 0 radical (unpaired) electrons. The number of carbonyl (C=O) groups is 2. The smallest absolute Gasteiger partial charge is 0.211 e. The second-order valence-corrected chi connectivity index (χ2v) is 17.2. The quantitative estimate of drug-likeness (QED) is 0.176. The molecule has 0 atom stereocenters. The van der Waals surface area contributed by atoms with Crippen LogP contribution in [0.2, 0.25) is 0 Å². The van der Waals surface area contributed by atoms with Crippen molar-refractivity contribution in [3.05, 3.63) is 95.1 Å². The number of benzene rings is 3. The van der Waals surface area contributed by atoms with Gasteiger partial charge in [-0.3, -0.25) is 9.59 Å². The number of hydrogen-bond donors (Lipinski definition) is 0. The van der Waals surface area contributed by atoms with Crippen molar-refractivity contribution < 1.29 is 22.7 Å². The molecule has 0 spiro atoms. The van der Waals surface area contributed by atoms with Gasteiger partial charge in [-0.05, 0) is 98.9 Å². The number of aryl methyl sites for hydroxylation is 1. The van der Waals surface area contributed by atoms with E-state index in [4.69, 9.17) is 4.74 Å². The van der Waals surface area contributed by atoms with E-state index in [-0.39, 0.29) is 18.1 Å². The summed E-state index contributed by atoms with van der Waals surface area (Å²) >= 11 is 0. The number of Topliss-reactive ketones (excluding diaryl/α,β-unsaturated/α-hetero) is 2. The van der Waals surface area contributed by atoms with E-state index in [2.05, 4.69) is 64.9 Å². The number of fused-ring (bicyclic) bond motifs is 1. The number of aromatic nitrogens is 1. The van der Waals surface area contributed by atoms with Crippen LogP contribution >= 0.6 is 0 Å². The van der Waals surface area contributed by atoms with Gasteiger partial charge >= 0.3 is 0 Å². The second-order valence-electron chi connectivity index (χ2n) is 15.2. The van der Waals surface area contributed by atoms with Gasteiger partial charge in [-0.15, -0.1) is 0 Å². The van der Waals surface area contributed by atoms with Crippen molar-refractivity contribution in [2.24, 2.45) is 0 Å². The molecule has 53 heavy (non-hydrogen) atoms. The molecule has 1 aromatic heterocycles. The number of ketones is 2. The summed E-state index contributed by atoms with van der Waals surface area (Å²) in [5, 5.41) is 1.16. The van der Waals surface area contributed by atoms with E-state index in [1.807, 2.05) is 24.3 Å². The molecule has 280 valence electrons. The second kappa shape index (κ2) is 16.4. The van der Waals surface area contributed by atoms with Gasteiger partial charge in [0, 0.05) is 66.7 Å². The number of nitrogens with zero attached hydrogens (tertiary/aromatic N) is 3. The summed E-state index contributed by atoms with van der Waals surface area (Å²) in [6.07, 6.45) is 15.9. The molecule has 2 aliphatic heterocycles. The summed E-state index contributed by atoms with van der Waals surface area (Å²) < 4.78 is 34.4.